The van der Waals surface area contributed by atoms with Crippen molar-refractivity contribution in [1.82, 2.24) is 4.98 Å². The number of nitrogens with zero attached hydrogens (tertiary/aromatic N) is 1. The second-order valence-electron chi connectivity index (χ2n) is 3.75. The van der Waals surface area contributed by atoms with Crippen molar-refractivity contribution in [2.75, 3.05) is 0 Å². The Balaban J connectivity index is 2.35. The summed E-state index contributed by atoms with van der Waals surface area (Å²) in [5, 5.41) is 10.2. The summed E-state index contributed by atoms with van der Waals surface area (Å²) in [7, 11) is 0. The van der Waals surface area contributed by atoms with E-state index in [-0.39, 0.29) is 0 Å². The van der Waals surface area contributed by atoms with E-state index < -0.39 is 6.10 Å². The molecule has 1 atom stereocenters. The maximum atomic E-state index is 10.2. The van der Waals surface area contributed by atoms with Crippen LogP contribution in [0.3, 0.4) is 0 Å². The minimum atomic E-state index is -0.595. The summed E-state index contributed by atoms with van der Waals surface area (Å²) in [6.07, 6.45) is 2.89. The smallest absolute Gasteiger partial charge is 0.106 e. The lowest BCUT2D eigenvalue weighted by Gasteiger charge is -2.11. The van der Waals surface area contributed by atoms with Gasteiger partial charge in [0.05, 0.1) is 0 Å². The van der Waals surface area contributed by atoms with Crippen LogP contribution in [0.15, 0.2) is 42.7 Å². The number of hydrogen-bond acceptors (Lipinski definition) is 2. The normalized spacial score (nSPS) is 12.4. The first-order chi connectivity index (χ1) is 7.66. The predicted octanol–water partition coefficient (Wildman–Crippen LogP) is 3.08. The average Bonchev–Trinajstić information content (AvgIpc) is 2.28. The Morgan fingerprint density at radius 1 is 1.19 bits per heavy atom. The molecule has 1 unspecified atom stereocenters. The van der Waals surface area contributed by atoms with E-state index in [4.69, 9.17) is 0 Å². The maximum absolute atomic E-state index is 10.2. The van der Waals surface area contributed by atoms with E-state index in [2.05, 4.69) is 27.6 Å². The molecule has 0 amide bonds. The van der Waals surface area contributed by atoms with Gasteiger partial charge in [0.1, 0.15) is 6.10 Å². The summed E-state index contributed by atoms with van der Waals surface area (Å²) < 4.78 is 1.12. The molecule has 0 aliphatic heterocycles. The van der Waals surface area contributed by atoms with Crippen molar-refractivity contribution >= 4 is 22.6 Å². The molecular formula is C13H12INO. The van der Waals surface area contributed by atoms with Gasteiger partial charge in [0.15, 0.2) is 0 Å². The van der Waals surface area contributed by atoms with Crippen LogP contribution in [0.4, 0.5) is 0 Å². The number of rotatable bonds is 2. The summed E-state index contributed by atoms with van der Waals surface area (Å²) in [5.74, 6) is 0. The molecule has 0 fully saturated rings. The summed E-state index contributed by atoms with van der Waals surface area (Å²) in [6.45, 7) is 1.97. The van der Waals surface area contributed by atoms with E-state index in [1.165, 1.54) is 0 Å². The molecule has 0 spiro atoms. The number of aromatic nitrogens is 1. The van der Waals surface area contributed by atoms with Gasteiger partial charge in [-0.2, -0.15) is 0 Å². The highest BCUT2D eigenvalue weighted by atomic mass is 127. The van der Waals surface area contributed by atoms with E-state index in [1.54, 1.807) is 12.4 Å². The third-order valence-corrected chi connectivity index (χ3v) is 3.05. The fraction of sp³-hybridized carbons (Fsp3) is 0.154. The number of halogens is 1. The predicted molar refractivity (Wildman–Crippen MR) is 72.2 cm³/mol. The van der Waals surface area contributed by atoms with E-state index in [9.17, 15) is 5.11 Å². The summed E-state index contributed by atoms with van der Waals surface area (Å²) >= 11 is 2.24. The standard InChI is InChI=1S/C13H12INO/c1-9-5-11(8-15-7-9)13(16)10-3-2-4-12(14)6-10/h2-8,13,16H,1H3. The second kappa shape index (κ2) is 4.93. The average molecular weight is 325 g/mol. The number of benzene rings is 1. The summed E-state index contributed by atoms with van der Waals surface area (Å²) in [6, 6.07) is 9.81. The molecule has 82 valence electrons. The van der Waals surface area contributed by atoms with E-state index in [0.29, 0.717) is 0 Å². The van der Waals surface area contributed by atoms with Crippen LogP contribution in [0.1, 0.15) is 22.8 Å². The Labute approximate surface area is 108 Å². The largest absolute Gasteiger partial charge is 0.384 e. The fourth-order valence-corrected chi connectivity index (χ4v) is 2.16. The fourth-order valence-electron chi connectivity index (χ4n) is 1.60. The molecular weight excluding hydrogens is 313 g/mol. The van der Waals surface area contributed by atoms with Crippen LogP contribution in [-0.2, 0) is 0 Å². The molecule has 16 heavy (non-hydrogen) atoms. The van der Waals surface area contributed by atoms with Crippen LogP contribution in [0.5, 0.6) is 0 Å². The molecule has 0 aliphatic rings. The Morgan fingerprint density at radius 2 is 2.00 bits per heavy atom. The zero-order valence-corrected chi connectivity index (χ0v) is 11.0. The van der Waals surface area contributed by atoms with Crippen LogP contribution in [0.25, 0.3) is 0 Å². The minimum absolute atomic E-state index is 0.595. The molecule has 1 heterocycles. The highest BCUT2D eigenvalue weighted by Gasteiger charge is 2.10. The molecule has 0 saturated heterocycles. The first-order valence-electron chi connectivity index (χ1n) is 5.02. The Bertz CT molecular complexity index is 453. The van der Waals surface area contributed by atoms with E-state index >= 15 is 0 Å². The monoisotopic (exact) mass is 325 g/mol. The second-order valence-corrected chi connectivity index (χ2v) is 5.00. The quantitative estimate of drug-likeness (QED) is 0.861. The van der Waals surface area contributed by atoms with Gasteiger partial charge in [0.2, 0.25) is 0 Å². The highest BCUT2D eigenvalue weighted by Crippen LogP contribution is 2.22. The molecule has 0 radical (unpaired) electrons. The Kier molecular flexibility index (Phi) is 3.56. The Hall–Kier alpha value is -0.940. The third-order valence-electron chi connectivity index (χ3n) is 2.38. The van der Waals surface area contributed by atoms with Crippen LogP contribution < -0.4 is 0 Å². The van der Waals surface area contributed by atoms with Crippen molar-refractivity contribution in [3.8, 4) is 0 Å². The highest BCUT2D eigenvalue weighted by molar-refractivity contribution is 14.1. The van der Waals surface area contributed by atoms with Crippen LogP contribution >= 0.6 is 22.6 Å². The molecule has 1 aromatic heterocycles. The molecule has 0 aliphatic carbocycles. The molecule has 2 aromatic rings. The lowest BCUT2D eigenvalue weighted by molar-refractivity contribution is 0.219. The lowest BCUT2D eigenvalue weighted by atomic mass is 10.0. The van der Waals surface area contributed by atoms with Crippen molar-refractivity contribution in [3.63, 3.8) is 0 Å². The van der Waals surface area contributed by atoms with Gasteiger partial charge in [-0.1, -0.05) is 18.2 Å². The van der Waals surface area contributed by atoms with Gasteiger partial charge >= 0.3 is 0 Å². The molecule has 1 N–H and O–H groups in total. The van der Waals surface area contributed by atoms with Crippen LogP contribution in [0.2, 0.25) is 0 Å². The number of aliphatic hydroxyl groups excluding tert-OH is 1. The minimum Gasteiger partial charge on any atom is -0.384 e. The number of hydrogen-bond donors (Lipinski definition) is 1. The van der Waals surface area contributed by atoms with Gasteiger partial charge in [-0.3, -0.25) is 4.98 Å². The van der Waals surface area contributed by atoms with Gasteiger partial charge in [-0.05, 0) is 52.8 Å². The van der Waals surface area contributed by atoms with E-state index in [1.807, 2.05) is 37.3 Å². The Morgan fingerprint density at radius 3 is 2.69 bits per heavy atom. The molecule has 2 nitrogen and oxygen atoms in total. The van der Waals surface area contributed by atoms with Crippen LogP contribution in [0, 0.1) is 10.5 Å². The molecule has 1 aromatic carbocycles. The third kappa shape index (κ3) is 2.59. The van der Waals surface area contributed by atoms with Gasteiger partial charge in [0.25, 0.3) is 0 Å². The maximum Gasteiger partial charge on any atom is 0.106 e. The van der Waals surface area contributed by atoms with Crippen molar-refractivity contribution in [1.29, 1.82) is 0 Å². The molecule has 3 heteroatoms. The topological polar surface area (TPSA) is 33.1 Å². The number of aliphatic hydroxyl groups is 1. The molecule has 2 rings (SSSR count). The summed E-state index contributed by atoms with van der Waals surface area (Å²) in [4.78, 5) is 4.09. The van der Waals surface area contributed by atoms with Crippen molar-refractivity contribution in [3.05, 3.63) is 63.0 Å². The van der Waals surface area contributed by atoms with E-state index in [0.717, 1.165) is 20.3 Å². The van der Waals surface area contributed by atoms with Gasteiger partial charge in [0, 0.05) is 21.5 Å². The first-order valence-corrected chi connectivity index (χ1v) is 6.10. The van der Waals surface area contributed by atoms with Crippen molar-refractivity contribution in [2.24, 2.45) is 0 Å². The molecule has 0 bridgehead atoms. The summed E-state index contributed by atoms with van der Waals surface area (Å²) in [5.41, 5.74) is 2.79. The lowest BCUT2D eigenvalue weighted by Crippen LogP contribution is -2.00. The van der Waals surface area contributed by atoms with Gasteiger partial charge in [-0.25, -0.2) is 0 Å². The first kappa shape index (κ1) is 11.5. The van der Waals surface area contributed by atoms with Crippen molar-refractivity contribution < 1.29 is 5.11 Å². The zero-order valence-electron chi connectivity index (χ0n) is 8.89. The zero-order chi connectivity index (χ0) is 11.5. The van der Waals surface area contributed by atoms with Gasteiger partial charge in [-0.15, -0.1) is 0 Å². The van der Waals surface area contributed by atoms with Gasteiger partial charge < -0.3 is 5.11 Å². The number of pyridine rings is 1. The molecule has 0 saturated carbocycles. The SMILES string of the molecule is Cc1cncc(C(O)c2cccc(I)c2)c1. The number of aryl methyl sites for hydroxylation is 1. The van der Waals surface area contributed by atoms with Crippen molar-refractivity contribution in [2.45, 2.75) is 13.0 Å². The van der Waals surface area contributed by atoms with Crippen LogP contribution in [-0.4, -0.2) is 10.1 Å².